The van der Waals surface area contributed by atoms with E-state index in [1.807, 2.05) is 32.9 Å². The fourth-order valence-corrected chi connectivity index (χ4v) is 0.698. The van der Waals surface area contributed by atoms with Crippen molar-refractivity contribution in [1.82, 2.24) is 4.98 Å². The number of aromatic nitrogens is 1. The monoisotopic (exact) mass is 150 g/mol. The molecule has 0 saturated carbocycles. The molecule has 0 saturated heterocycles. The molecule has 2 nitrogen and oxygen atoms in total. The summed E-state index contributed by atoms with van der Waals surface area (Å²) in [7, 11) is 0. The van der Waals surface area contributed by atoms with Gasteiger partial charge in [-0.2, -0.15) is 0 Å². The third kappa shape index (κ3) is 3.03. The van der Waals surface area contributed by atoms with Crippen LogP contribution in [0.4, 0.5) is 0 Å². The Hall–Kier alpha value is -1.05. The van der Waals surface area contributed by atoms with E-state index in [2.05, 4.69) is 11.2 Å². The zero-order valence-corrected chi connectivity index (χ0v) is 7.09. The molecular weight excluding hydrogens is 138 g/mol. The lowest BCUT2D eigenvalue weighted by Crippen LogP contribution is -2.22. The second-order valence-electron chi connectivity index (χ2n) is 3.33. The first kappa shape index (κ1) is 8.05. The van der Waals surface area contributed by atoms with Crippen molar-refractivity contribution in [2.24, 2.45) is 0 Å². The van der Waals surface area contributed by atoms with Crippen LogP contribution >= 0.6 is 0 Å². The van der Waals surface area contributed by atoms with Crippen molar-refractivity contribution in [3.05, 3.63) is 24.5 Å². The highest BCUT2D eigenvalue weighted by atomic mass is 16.5. The summed E-state index contributed by atoms with van der Waals surface area (Å²) >= 11 is 0. The van der Waals surface area contributed by atoms with Crippen LogP contribution in [0.3, 0.4) is 0 Å². The Morgan fingerprint density at radius 3 is 2.64 bits per heavy atom. The molecule has 1 heterocycles. The third-order valence-corrected chi connectivity index (χ3v) is 0.999. The van der Waals surface area contributed by atoms with Crippen LogP contribution < -0.4 is 4.74 Å². The van der Waals surface area contributed by atoms with Gasteiger partial charge >= 0.3 is 0 Å². The van der Waals surface area contributed by atoms with Gasteiger partial charge in [0, 0.05) is 6.20 Å². The first-order valence-corrected chi connectivity index (χ1v) is 3.60. The molecule has 0 fully saturated rings. The Kier molecular flexibility index (Phi) is 2.13. The molecule has 0 spiro atoms. The highest BCUT2D eigenvalue weighted by Gasteiger charge is 2.10. The molecule has 59 valence electrons. The summed E-state index contributed by atoms with van der Waals surface area (Å²) in [4.78, 5) is 3.82. The summed E-state index contributed by atoms with van der Waals surface area (Å²) < 4.78 is 5.48. The number of ether oxygens (including phenoxy) is 1. The van der Waals surface area contributed by atoms with Gasteiger partial charge in [-0.3, -0.25) is 4.98 Å². The number of nitrogens with zero attached hydrogens (tertiary/aromatic N) is 1. The average Bonchev–Trinajstić information content (AvgIpc) is 1.85. The minimum Gasteiger partial charge on any atom is -0.486 e. The van der Waals surface area contributed by atoms with Gasteiger partial charge in [-0.1, -0.05) is 0 Å². The second kappa shape index (κ2) is 2.91. The molecule has 0 aliphatic heterocycles. The van der Waals surface area contributed by atoms with Crippen molar-refractivity contribution in [3.8, 4) is 5.75 Å². The van der Waals surface area contributed by atoms with Crippen molar-refractivity contribution in [1.29, 1.82) is 0 Å². The van der Waals surface area contributed by atoms with E-state index in [0.717, 1.165) is 0 Å². The molecule has 0 N–H and O–H groups in total. The Morgan fingerprint density at radius 2 is 2.18 bits per heavy atom. The van der Waals surface area contributed by atoms with E-state index < -0.39 is 0 Å². The molecule has 0 bridgehead atoms. The van der Waals surface area contributed by atoms with Crippen molar-refractivity contribution in [2.45, 2.75) is 26.4 Å². The Balaban J connectivity index is 2.66. The third-order valence-electron chi connectivity index (χ3n) is 0.999. The van der Waals surface area contributed by atoms with Gasteiger partial charge in [-0.05, 0) is 32.9 Å². The molecule has 1 radical (unpaired) electrons. The smallest absolute Gasteiger partial charge is 0.148 e. The van der Waals surface area contributed by atoms with Crippen LogP contribution in [0.2, 0.25) is 0 Å². The van der Waals surface area contributed by atoms with Crippen molar-refractivity contribution < 1.29 is 4.74 Å². The number of pyridine rings is 1. The number of rotatable bonds is 1. The molecule has 0 unspecified atom stereocenters. The summed E-state index contributed by atoms with van der Waals surface area (Å²) in [6, 6.07) is 3.68. The lowest BCUT2D eigenvalue weighted by molar-refractivity contribution is 0.130. The Morgan fingerprint density at radius 1 is 1.45 bits per heavy atom. The van der Waals surface area contributed by atoms with Gasteiger partial charge < -0.3 is 4.74 Å². The molecule has 0 aromatic carbocycles. The van der Waals surface area contributed by atoms with Gasteiger partial charge in [0.2, 0.25) is 0 Å². The van der Waals surface area contributed by atoms with E-state index in [1.165, 1.54) is 0 Å². The molecule has 0 aliphatic carbocycles. The minimum absolute atomic E-state index is 0.167. The first-order chi connectivity index (χ1) is 5.08. The molecule has 0 amide bonds. The molecule has 11 heavy (non-hydrogen) atoms. The zero-order valence-electron chi connectivity index (χ0n) is 7.09. The van der Waals surface area contributed by atoms with Gasteiger partial charge in [-0.15, -0.1) is 0 Å². The van der Waals surface area contributed by atoms with E-state index in [-0.39, 0.29) is 5.60 Å². The number of hydrogen-bond acceptors (Lipinski definition) is 2. The summed E-state index contributed by atoms with van der Waals surface area (Å²) in [5, 5.41) is 0. The van der Waals surface area contributed by atoms with Crippen LogP contribution in [0.5, 0.6) is 5.75 Å². The maximum Gasteiger partial charge on any atom is 0.148 e. The van der Waals surface area contributed by atoms with E-state index in [9.17, 15) is 0 Å². The molecule has 0 aliphatic rings. The second-order valence-corrected chi connectivity index (χ2v) is 3.33. The largest absolute Gasteiger partial charge is 0.486 e. The van der Waals surface area contributed by atoms with E-state index >= 15 is 0 Å². The predicted octanol–water partition coefficient (Wildman–Crippen LogP) is 2.06. The van der Waals surface area contributed by atoms with E-state index in [4.69, 9.17) is 4.74 Å². The van der Waals surface area contributed by atoms with Crippen LogP contribution in [0.1, 0.15) is 20.8 Å². The molecule has 0 atom stereocenters. The summed E-state index contributed by atoms with van der Waals surface area (Å²) in [6.45, 7) is 5.98. The molecule has 2 heteroatoms. The summed E-state index contributed by atoms with van der Waals surface area (Å²) in [5.74, 6) is 0.694. The minimum atomic E-state index is -0.167. The van der Waals surface area contributed by atoms with Crippen molar-refractivity contribution in [2.75, 3.05) is 0 Å². The van der Waals surface area contributed by atoms with Gasteiger partial charge in [0.15, 0.2) is 0 Å². The van der Waals surface area contributed by atoms with Crippen molar-refractivity contribution in [3.63, 3.8) is 0 Å². The quantitative estimate of drug-likeness (QED) is 0.611. The first-order valence-electron chi connectivity index (χ1n) is 3.60. The average molecular weight is 150 g/mol. The van der Waals surface area contributed by atoms with Crippen LogP contribution in [0.25, 0.3) is 0 Å². The number of hydrogen-bond donors (Lipinski definition) is 0. The highest BCUT2D eigenvalue weighted by molar-refractivity contribution is 5.14. The zero-order chi connectivity index (χ0) is 8.32. The van der Waals surface area contributed by atoms with Crippen LogP contribution in [0.15, 0.2) is 18.3 Å². The SMILES string of the molecule is CC(C)(C)Oc1[c]nccc1. The predicted molar refractivity (Wildman–Crippen MR) is 43.5 cm³/mol. The van der Waals surface area contributed by atoms with Gasteiger partial charge in [0.25, 0.3) is 0 Å². The van der Waals surface area contributed by atoms with Crippen LogP contribution in [-0.4, -0.2) is 10.6 Å². The topological polar surface area (TPSA) is 22.1 Å². The molecule has 1 aromatic heterocycles. The van der Waals surface area contributed by atoms with E-state index in [0.29, 0.717) is 5.75 Å². The van der Waals surface area contributed by atoms with Gasteiger partial charge in [0.05, 0.1) is 0 Å². The fourth-order valence-electron chi connectivity index (χ4n) is 0.698. The van der Waals surface area contributed by atoms with Crippen molar-refractivity contribution >= 4 is 0 Å². The Labute approximate surface area is 67.2 Å². The fraction of sp³-hybridized carbons (Fsp3) is 0.444. The van der Waals surface area contributed by atoms with Crippen LogP contribution in [0, 0.1) is 6.20 Å². The van der Waals surface area contributed by atoms with E-state index in [1.54, 1.807) is 6.20 Å². The maximum atomic E-state index is 5.48. The molecular formula is C9H12NO. The highest BCUT2D eigenvalue weighted by Crippen LogP contribution is 2.14. The van der Waals surface area contributed by atoms with Gasteiger partial charge in [0.1, 0.15) is 17.5 Å². The lowest BCUT2D eigenvalue weighted by Gasteiger charge is -2.20. The lowest BCUT2D eigenvalue weighted by atomic mass is 10.2. The standard InChI is InChI=1S/C9H12NO/c1-9(2,3)11-8-5-4-6-10-7-8/h4-6H,1-3H3. The van der Waals surface area contributed by atoms with Gasteiger partial charge in [-0.25, -0.2) is 0 Å². The summed E-state index contributed by atoms with van der Waals surface area (Å²) in [6.07, 6.45) is 4.43. The summed E-state index contributed by atoms with van der Waals surface area (Å²) in [5.41, 5.74) is -0.167. The molecule has 1 rings (SSSR count). The molecule has 1 aromatic rings. The normalized spacial score (nSPS) is 11.2. The Bertz CT molecular complexity index is 213. The van der Waals surface area contributed by atoms with Crippen LogP contribution in [-0.2, 0) is 0 Å². The maximum absolute atomic E-state index is 5.48.